The molecule has 1 aliphatic carbocycles. The van der Waals surface area contributed by atoms with Gasteiger partial charge in [0.2, 0.25) is 0 Å². The maximum absolute atomic E-state index is 12.3. The van der Waals surface area contributed by atoms with E-state index < -0.39 is 0 Å². The molecule has 0 aromatic carbocycles. The number of hydrogen-bond donors (Lipinski definition) is 0. The van der Waals surface area contributed by atoms with E-state index in [1.165, 1.54) is 0 Å². The van der Waals surface area contributed by atoms with Gasteiger partial charge in [0.05, 0.1) is 10.7 Å². The average molecular weight is 322 g/mol. The highest BCUT2D eigenvalue weighted by molar-refractivity contribution is 7.09. The van der Waals surface area contributed by atoms with E-state index in [0.29, 0.717) is 5.92 Å². The first-order chi connectivity index (χ1) is 11.3. The zero-order valence-electron chi connectivity index (χ0n) is 12.4. The number of rotatable bonds is 2. The van der Waals surface area contributed by atoms with E-state index in [1.807, 2.05) is 17.6 Å². The van der Waals surface area contributed by atoms with Gasteiger partial charge in [-0.15, -0.1) is 11.3 Å². The molecule has 3 heterocycles. The molecule has 2 aliphatic rings. The summed E-state index contributed by atoms with van der Waals surface area (Å²) >= 11 is 1.67. The fourth-order valence-corrected chi connectivity index (χ4v) is 4.14. The summed E-state index contributed by atoms with van der Waals surface area (Å²) in [7, 11) is 0. The fourth-order valence-electron chi connectivity index (χ4n) is 3.37. The van der Waals surface area contributed by atoms with Crippen molar-refractivity contribution in [3.05, 3.63) is 51.7 Å². The minimum atomic E-state index is -0.110. The Kier molecular flexibility index (Phi) is 3.43. The Morgan fingerprint density at radius 2 is 2.30 bits per heavy atom. The molecule has 23 heavy (non-hydrogen) atoms. The van der Waals surface area contributed by atoms with Crippen molar-refractivity contribution in [3.63, 3.8) is 0 Å². The predicted molar refractivity (Wildman–Crippen MR) is 86.5 cm³/mol. The number of fused-ring (bicyclic) bond motifs is 1. The molecule has 1 saturated heterocycles. The minimum Gasteiger partial charge on any atom is -0.369 e. The number of thiazole rings is 1. The number of carbonyl (C=O) groups is 1. The van der Waals surface area contributed by atoms with Gasteiger partial charge in [0.25, 0.3) is 0 Å². The third-order valence-corrected chi connectivity index (χ3v) is 5.38. The lowest BCUT2D eigenvalue weighted by Crippen LogP contribution is -2.27. The van der Waals surface area contributed by atoms with Crippen molar-refractivity contribution in [2.24, 2.45) is 0 Å². The van der Waals surface area contributed by atoms with E-state index in [9.17, 15) is 10.1 Å². The second kappa shape index (κ2) is 5.60. The Balaban J connectivity index is 1.74. The minimum absolute atomic E-state index is 0.110. The van der Waals surface area contributed by atoms with E-state index in [1.54, 1.807) is 23.7 Å². The van der Waals surface area contributed by atoms with Crippen LogP contribution in [0.25, 0.3) is 5.70 Å². The van der Waals surface area contributed by atoms with Gasteiger partial charge in [-0.3, -0.25) is 9.78 Å². The number of pyridine rings is 1. The van der Waals surface area contributed by atoms with E-state index in [0.717, 1.165) is 41.3 Å². The summed E-state index contributed by atoms with van der Waals surface area (Å²) in [6.07, 6.45) is 6.53. The number of Topliss-reactive ketones (excluding diaryl/α,β-unsaturated/α-hetero) is 1. The Morgan fingerprint density at radius 1 is 1.39 bits per heavy atom. The molecule has 2 aromatic rings. The van der Waals surface area contributed by atoms with Crippen LogP contribution in [-0.4, -0.2) is 33.7 Å². The molecule has 0 radical (unpaired) electrons. The highest BCUT2D eigenvalue weighted by Gasteiger charge is 2.34. The number of hydrogen-bond acceptors (Lipinski definition) is 6. The molecule has 2 aromatic heterocycles. The number of likely N-dealkylation sites (tertiary alicyclic amines) is 1. The third kappa shape index (κ3) is 2.34. The number of nitrogens with zero attached hydrogens (tertiary/aromatic N) is 4. The lowest BCUT2D eigenvalue weighted by Gasteiger charge is -2.27. The number of allylic oxidation sites excluding steroid dienone is 1. The topological polar surface area (TPSA) is 69.9 Å². The molecule has 114 valence electrons. The van der Waals surface area contributed by atoms with Crippen LogP contribution in [0.15, 0.2) is 35.6 Å². The first-order valence-electron chi connectivity index (χ1n) is 7.53. The van der Waals surface area contributed by atoms with Crippen LogP contribution in [0.2, 0.25) is 0 Å². The molecule has 1 atom stereocenters. The van der Waals surface area contributed by atoms with Crippen molar-refractivity contribution < 1.29 is 4.79 Å². The maximum Gasteiger partial charge on any atom is 0.179 e. The summed E-state index contributed by atoms with van der Waals surface area (Å²) in [6.45, 7) is 1.63. The lowest BCUT2D eigenvalue weighted by molar-refractivity contribution is -0.114. The molecule has 0 saturated carbocycles. The van der Waals surface area contributed by atoms with Crippen molar-refractivity contribution in [3.8, 4) is 6.07 Å². The summed E-state index contributed by atoms with van der Waals surface area (Å²) in [4.78, 5) is 23.0. The van der Waals surface area contributed by atoms with Crippen LogP contribution in [0, 0.1) is 11.3 Å². The van der Waals surface area contributed by atoms with Gasteiger partial charge in [-0.1, -0.05) is 0 Å². The van der Waals surface area contributed by atoms with E-state index in [4.69, 9.17) is 0 Å². The van der Waals surface area contributed by atoms with Crippen LogP contribution in [-0.2, 0) is 11.2 Å². The van der Waals surface area contributed by atoms with E-state index >= 15 is 0 Å². The zero-order chi connectivity index (χ0) is 15.8. The highest BCUT2D eigenvalue weighted by Crippen LogP contribution is 2.37. The van der Waals surface area contributed by atoms with Gasteiger partial charge >= 0.3 is 0 Å². The molecular formula is C17H14N4OS. The summed E-state index contributed by atoms with van der Waals surface area (Å²) in [5, 5.41) is 12.6. The zero-order valence-corrected chi connectivity index (χ0v) is 13.2. The Bertz CT molecular complexity index is 835. The summed E-state index contributed by atoms with van der Waals surface area (Å²) in [5.74, 6) is 0.255. The van der Waals surface area contributed by atoms with Crippen LogP contribution >= 0.6 is 11.3 Å². The van der Waals surface area contributed by atoms with E-state index in [2.05, 4.69) is 20.9 Å². The third-order valence-electron chi connectivity index (χ3n) is 4.44. The molecule has 0 amide bonds. The summed E-state index contributed by atoms with van der Waals surface area (Å²) in [5.41, 5.74) is 2.93. The van der Waals surface area contributed by atoms with Gasteiger partial charge in [0, 0.05) is 55.0 Å². The first kappa shape index (κ1) is 14.1. The quantitative estimate of drug-likeness (QED) is 0.849. The first-order valence-corrected chi connectivity index (χ1v) is 8.41. The highest BCUT2D eigenvalue weighted by atomic mass is 32.1. The van der Waals surface area contributed by atoms with Gasteiger partial charge in [0.15, 0.2) is 5.78 Å². The number of carbonyl (C=O) groups excluding carboxylic acids is 1. The molecule has 0 spiro atoms. The van der Waals surface area contributed by atoms with Gasteiger partial charge in [-0.05, 0) is 18.1 Å². The molecule has 5 nitrogen and oxygen atoms in total. The number of nitriles is 1. The van der Waals surface area contributed by atoms with Crippen LogP contribution < -0.4 is 0 Å². The standard InChI is InChI=1S/C17H14N4OS/c18-8-14-15(22)7-12-9-19-3-1-13(12)16(14)21-5-2-11(10-21)17-20-4-6-23-17/h1,3-4,6,9,11H,2,5,7,10H2/t11-/m1/s1. The summed E-state index contributed by atoms with van der Waals surface area (Å²) in [6, 6.07) is 4.03. The average Bonchev–Trinajstić information content (AvgIpc) is 3.24. The van der Waals surface area contributed by atoms with E-state index in [-0.39, 0.29) is 17.8 Å². The smallest absolute Gasteiger partial charge is 0.179 e. The summed E-state index contributed by atoms with van der Waals surface area (Å²) < 4.78 is 0. The van der Waals surface area contributed by atoms with Crippen molar-refractivity contribution in [2.45, 2.75) is 18.8 Å². The monoisotopic (exact) mass is 322 g/mol. The second-order valence-corrected chi connectivity index (χ2v) is 6.70. The SMILES string of the molecule is N#CC1=C(N2CC[C@@H](c3nccs3)C2)c2ccncc2CC1=O. The molecule has 1 fully saturated rings. The lowest BCUT2D eigenvalue weighted by atomic mass is 9.89. The van der Waals surface area contributed by atoms with Crippen molar-refractivity contribution >= 4 is 22.8 Å². The Morgan fingerprint density at radius 3 is 3.09 bits per heavy atom. The largest absolute Gasteiger partial charge is 0.369 e. The Labute approximate surface area is 137 Å². The predicted octanol–water partition coefficient (Wildman–Crippen LogP) is 2.39. The van der Waals surface area contributed by atoms with Gasteiger partial charge in [0.1, 0.15) is 11.6 Å². The molecular weight excluding hydrogens is 308 g/mol. The molecule has 0 unspecified atom stereocenters. The number of ketones is 1. The van der Waals surface area contributed by atoms with Crippen LogP contribution in [0.5, 0.6) is 0 Å². The van der Waals surface area contributed by atoms with Gasteiger partial charge in [-0.25, -0.2) is 4.98 Å². The van der Waals surface area contributed by atoms with Crippen LogP contribution in [0.1, 0.15) is 28.5 Å². The van der Waals surface area contributed by atoms with Crippen molar-refractivity contribution in [1.82, 2.24) is 14.9 Å². The molecule has 6 heteroatoms. The van der Waals surface area contributed by atoms with Gasteiger partial charge in [-0.2, -0.15) is 5.26 Å². The maximum atomic E-state index is 12.3. The van der Waals surface area contributed by atoms with Crippen LogP contribution in [0.4, 0.5) is 0 Å². The number of aromatic nitrogens is 2. The van der Waals surface area contributed by atoms with Crippen molar-refractivity contribution in [1.29, 1.82) is 5.26 Å². The Hall–Kier alpha value is -2.52. The second-order valence-electron chi connectivity index (χ2n) is 5.77. The molecule has 1 aliphatic heterocycles. The van der Waals surface area contributed by atoms with Crippen molar-refractivity contribution in [2.75, 3.05) is 13.1 Å². The molecule has 4 rings (SSSR count). The fraction of sp³-hybridized carbons (Fsp3) is 0.294. The van der Waals surface area contributed by atoms with Gasteiger partial charge < -0.3 is 4.90 Å². The molecule has 0 N–H and O–H groups in total. The normalized spacial score (nSPS) is 20.6. The van der Waals surface area contributed by atoms with Crippen LogP contribution in [0.3, 0.4) is 0 Å². The molecule has 0 bridgehead atoms.